The third-order valence-electron chi connectivity index (χ3n) is 3.80. The molecule has 0 saturated heterocycles. The number of halogens is 2. The molecule has 122 valence electrons. The van der Waals surface area contributed by atoms with Gasteiger partial charge in [-0.3, -0.25) is 0 Å². The summed E-state index contributed by atoms with van der Waals surface area (Å²) in [5.74, 6) is 1.79. The van der Waals surface area contributed by atoms with Gasteiger partial charge in [0.05, 0.1) is 11.6 Å². The highest BCUT2D eigenvalue weighted by molar-refractivity contribution is 14.0. The first-order chi connectivity index (χ1) is 10.2. The number of guanidine groups is 1. The van der Waals surface area contributed by atoms with Crippen LogP contribution in [0, 0.1) is 0 Å². The van der Waals surface area contributed by atoms with Crippen molar-refractivity contribution >= 4 is 41.5 Å². The van der Waals surface area contributed by atoms with E-state index in [-0.39, 0.29) is 24.0 Å². The van der Waals surface area contributed by atoms with Crippen molar-refractivity contribution in [3.8, 4) is 11.5 Å². The molecule has 0 bridgehead atoms. The fourth-order valence-electron chi connectivity index (χ4n) is 2.76. The SMILES string of the molecule is I.NC(=NCc1cc(Cl)c2c(c1)OCCO2)NC1CCCC1. The molecular weight excluding hydrogens is 417 g/mol. The molecule has 1 fully saturated rings. The van der Waals surface area contributed by atoms with Gasteiger partial charge in [0, 0.05) is 6.04 Å². The van der Waals surface area contributed by atoms with Crippen molar-refractivity contribution < 1.29 is 9.47 Å². The Bertz CT molecular complexity index is 548. The van der Waals surface area contributed by atoms with E-state index in [4.69, 9.17) is 26.8 Å². The van der Waals surface area contributed by atoms with Crippen molar-refractivity contribution in [1.82, 2.24) is 5.32 Å². The third-order valence-corrected chi connectivity index (χ3v) is 4.08. The van der Waals surface area contributed by atoms with Crippen LogP contribution in [0.5, 0.6) is 11.5 Å². The van der Waals surface area contributed by atoms with Crippen molar-refractivity contribution in [3.05, 3.63) is 22.7 Å². The summed E-state index contributed by atoms with van der Waals surface area (Å²) in [6.45, 7) is 1.55. The van der Waals surface area contributed by atoms with E-state index in [2.05, 4.69) is 10.3 Å². The average Bonchev–Trinajstić information content (AvgIpc) is 2.98. The zero-order valence-corrected chi connectivity index (χ0v) is 15.4. The fraction of sp³-hybridized carbons (Fsp3) is 0.533. The molecule has 1 aliphatic carbocycles. The summed E-state index contributed by atoms with van der Waals surface area (Å²) in [5.41, 5.74) is 6.89. The Hall–Kier alpha value is -0.890. The number of hydrogen-bond acceptors (Lipinski definition) is 3. The summed E-state index contributed by atoms with van der Waals surface area (Å²) in [5, 5.41) is 3.82. The van der Waals surface area contributed by atoms with Crippen molar-refractivity contribution in [2.24, 2.45) is 10.7 Å². The number of nitrogens with one attached hydrogen (secondary N) is 1. The number of ether oxygens (including phenoxy) is 2. The van der Waals surface area contributed by atoms with Crippen LogP contribution in [-0.4, -0.2) is 25.2 Å². The van der Waals surface area contributed by atoms with Gasteiger partial charge < -0.3 is 20.5 Å². The van der Waals surface area contributed by atoms with Crippen LogP contribution >= 0.6 is 35.6 Å². The first kappa shape index (κ1) is 17.5. The third kappa shape index (κ3) is 4.32. The van der Waals surface area contributed by atoms with E-state index in [0.29, 0.717) is 48.3 Å². The van der Waals surface area contributed by atoms with Gasteiger partial charge >= 0.3 is 0 Å². The molecule has 3 rings (SSSR count). The van der Waals surface area contributed by atoms with Gasteiger partial charge in [0.25, 0.3) is 0 Å². The fourth-order valence-corrected chi connectivity index (χ4v) is 3.04. The minimum absolute atomic E-state index is 0. The molecule has 1 saturated carbocycles. The zero-order chi connectivity index (χ0) is 14.7. The van der Waals surface area contributed by atoms with Gasteiger partial charge in [0.1, 0.15) is 13.2 Å². The molecule has 1 aromatic carbocycles. The first-order valence-corrected chi connectivity index (χ1v) is 7.74. The van der Waals surface area contributed by atoms with Gasteiger partial charge in [0.2, 0.25) is 0 Å². The lowest BCUT2D eigenvalue weighted by Crippen LogP contribution is -2.38. The Morgan fingerprint density at radius 1 is 1.27 bits per heavy atom. The molecule has 0 unspecified atom stereocenters. The minimum Gasteiger partial charge on any atom is -0.486 e. The van der Waals surface area contributed by atoms with Crippen LogP contribution < -0.4 is 20.5 Å². The number of fused-ring (bicyclic) bond motifs is 1. The molecule has 1 aromatic rings. The van der Waals surface area contributed by atoms with E-state index < -0.39 is 0 Å². The molecule has 7 heteroatoms. The quantitative estimate of drug-likeness (QED) is 0.433. The molecule has 0 radical (unpaired) electrons. The van der Waals surface area contributed by atoms with Crippen molar-refractivity contribution in [2.45, 2.75) is 38.3 Å². The van der Waals surface area contributed by atoms with Crippen LogP contribution in [0.1, 0.15) is 31.2 Å². The Kier molecular flexibility index (Phi) is 6.43. The molecule has 1 aliphatic heterocycles. The maximum Gasteiger partial charge on any atom is 0.189 e. The summed E-state index contributed by atoms with van der Waals surface area (Å²) < 4.78 is 11.0. The number of nitrogens with zero attached hydrogens (tertiary/aromatic N) is 1. The second-order valence-corrected chi connectivity index (χ2v) is 5.84. The van der Waals surface area contributed by atoms with Gasteiger partial charge in [-0.05, 0) is 30.5 Å². The van der Waals surface area contributed by atoms with Crippen molar-refractivity contribution in [2.75, 3.05) is 13.2 Å². The average molecular weight is 438 g/mol. The van der Waals surface area contributed by atoms with Crippen LogP contribution in [-0.2, 0) is 6.54 Å². The largest absolute Gasteiger partial charge is 0.486 e. The number of hydrogen-bond donors (Lipinski definition) is 2. The number of aliphatic imine (C=N–C) groups is 1. The van der Waals surface area contributed by atoms with Gasteiger partial charge in [-0.25, -0.2) is 4.99 Å². The van der Waals surface area contributed by atoms with Crippen LogP contribution in [0.2, 0.25) is 5.02 Å². The highest BCUT2D eigenvalue weighted by Crippen LogP contribution is 2.38. The van der Waals surface area contributed by atoms with E-state index in [1.165, 1.54) is 25.7 Å². The number of benzene rings is 1. The second kappa shape index (κ2) is 8.10. The lowest BCUT2D eigenvalue weighted by atomic mass is 10.2. The van der Waals surface area contributed by atoms with E-state index in [1.54, 1.807) is 0 Å². The summed E-state index contributed by atoms with van der Waals surface area (Å²) in [6.07, 6.45) is 4.88. The molecule has 0 atom stereocenters. The molecule has 2 aliphatic rings. The Morgan fingerprint density at radius 2 is 2.00 bits per heavy atom. The predicted octanol–water partition coefficient (Wildman–Crippen LogP) is 3.08. The van der Waals surface area contributed by atoms with Gasteiger partial charge in [-0.1, -0.05) is 24.4 Å². The Balaban J connectivity index is 0.00000176. The summed E-state index contributed by atoms with van der Waals surface area (Å²) in [7, 11) is 0. The predicted molar refractivity (Wildman–Crippen MR) is 98.6 cm³/mol. The van der Waals surface area contributed by atoms with E-state index >= 15 is 0 Å². The summed E-state index contributed by atoms with van der Waals surface area (Å²) in [6, 6.07) is 4.23. The Morgan fingerprint density at radius 3 is 2.77 bits per heavy atom. The van der Waals surface area contributed by atoms with E-state index in [1.807, 2.05) is 12.1 Å². The van der Waals surface area contributed by atoms with Crippen molar-refractivity contribution in [1.29, 1.82) is 0 Å². The maximum atomic E-state index is 6.20. The van der Waals surface area contributed by atoms with Gasteiger partial charge in [0.15, 0.2) is 17.5 Å². The molecule has 5 nitrogen and oxygen atoms in total. The lowest BCUT2D eigenvalue weighted by molar-refractivity contribution is 0.171. The summed E-state index contributed by atoms with van der Waals surface area (Å²) in [4.78, 5) is 4.38. The van der Waals surface area contributed by atoms with Gasteiger partial charge in [-0.15, -0.1) is 24.0 Å². The number of rotatable bonds is 3. The normalized spacial score (nSPS) is 18.0. The summed E-state index contributed by atoms with van der Waals surface area (Å²) >= 11 is 6.20. The second-order valence-electron chi connectivity index (χ2n) is 5.43. The molecule has 1 heterocycles. The first-order valence-electron chi connectivity index (χ1n) is 7.37. The monoisotopic (exact) mass is 437 g/mol. The van der Waals surface area contributed by atoms with Crippen LogP contribution in [0.25, 0.3) is 0 Å². The molecular formula is C15H21ClIN3O2. The topological polar surface area (TPSA) is 68.9 Å². The highest BCUT2D eigenvalue weighted by atomic mass is 127. The van der Waals surface area contributed by atoms with Crippen LogP contribution in [0.3, 0.4) is 0 Å². The Labute approximate surface area is 152 Å². The smallest absolute Gasteiger partial charge is 0.189 e. The maximum absolute atomic E-state index is 6.20. The zero-order valence-electron chi connectivity index (χ0n) is 12.3. The van der Waals surface area contributed by atoms with Crippen molar-refractivity contribution in [3.63, 3.8) is 0 Å². The molecule has 0 spiro atoms. The molecule has 22 heavy (non-hydrogen) atoms. The number of nitrogens with two attached hydrogens (primary N) is 1. The minimum atomic E-state index is 0. The highest BCUT2D eigenvalue weighted by Gasteiger charge is 2.17. The molecule has 3 N–H and O–H groups in total. The molecule has 0 amide bonds. The molecule has 0 aromatic heterocycles. The van der Waals surface area contributed by atoms with E-state index in [9.17, 15) is 0 Å². The van der Waals surface area contributed by atoms with Gasteiger partial charge in [-0.2, -0.15) is 0 Å². The van der Waals surface area contributed by atoms with Crippen LogP contribution in [0.4, 0.5) is 0 Å². The lowest BCUT2D eigenvalue weighted by Gasteiger charge is -2.20. The van der Waals surface area contributed by atoms with E-state index in [0.717, 1.165) is 5.56 Å². The van der Waals surface area contributed by atoms with Crippen LogP contribution in [0.15, 0.2) is 17.1 Å². The standard InChI is InChI=1S/C15H20ClN3O2.HI/c16-12-7-10(8-13-14(12)21-6-5-20-13)9-18-15(17)19-11-3-1-2-4-11;/h7-8,11H,1-6,9H2,(H3,17,18,19);1H.